The zero-order valence-corrected chi connectivity index (χ0v) is 10.8. The van der Waals surface area contributed by atoms with Gasteiger partial charge in [-0.25, -0.2) is 4.39 Å². The summed E-state index contributed by atoms with van der Waals surface area (Å²) in [5, 5.41) is 0. The summed E-state index contributed by atoms with van der Waals surface area (Å²) in [6, 6.07) is 6.24. The van der Waals surface area contributed by atoms with Gasteiger partial charge in [0, 0.05) is 30.6 Å². The normalized spacial score (nSPS) is 14.5. The van der Waals surface area contributed by atoms with Crippen molar-refractivity contribution in [1.29, 1.82) is 0 Å². The first-order valence-corrected chi connectivity index (χ1v) is 5.92. The van der Waals surface area contributed by atoms with E-state index in [1.54, 1.807) is 18.2 Å². The summed E-state index contributed by atoms with van der Waals surface area (Å²) in [4.78, 5) is 12.8. The second-order valence-electron chi connectivity index (χ2n) is 4.42. The average Bonchev–Trinajstić information content (AvgIpc) is 2.34. The molecule has 5 heteroatoms. The average molecular weight is 253 g/mol. The van der Waals surface area contributed by atoms with E-state index in [1.807, 2.05) is 18.9 Å². The zero-order chi connectivity index (χ0) is 13.7. The van der Waals surface area contributed by atoms with Crippen LogP contribution in [-0.4, -0.2) is 30.4 Å². The number of amides is 1. The largest absolute Gasteiger partial charge is 0.370 e. The molecule has 1 aromatic carbocycles. The van der Waals surface area contributed by atoms with Gasteiger partial charge >= 0.3 is 0 Å². The van der Waals surface area contributed by atoms with E-state index in [9.17, 15) is 9.18 Å². The molecule has 0 aromatic heterocycles. The highest BCUT2D eigenvalue weighted by Crippen LogP contribution is 2.23. The first-order chi connectivity index (χ1) is 8.47. The number of hydrogen-bond donors (Lipinski definition) is 2. The molecule has 1 rings (SSSR count). The highest BCUT2D eigenvalue weighted by atomic mass is 19.1. The van der Waals surface area contributed by atoms with E-state index in [0.29, 0.717) is 12.1 Å². The number of benzene rings is 1. The number of halogens is 1. The predicted molar refractivity (Wildman–Crippen MR) is 69.2 cm³/mol. The minimum absolute atomic E-state index is 0.168. The highest BCUT2D eigenvalue weighted by Gasteiger charge is 2.23. The summed E-state index contributed by atoms with van der Waals surface area (Å²) in [5.74, 6) is -0.662. The maximum Gasteiger partial charge on any atom is 0.219 e. The number of nitrogens with two attached hydrogens (primary N) is 2. The van der Waals surface area contributed by atoms with Crippen molar-refractivity contribution < 1.29 is 9.18 Å². The summed E-state index contributed by atoms with van der Waals surface area (Å²) in [5.41, 5.74) is 11.4. The molecule has 0 bridgehead atoms. The first-order valence-electron chi connectivity index (χ1n) is 5.92. The molecule has 0 spiro atoms. The van der Waals surface area contributed by atoms with Crippen molar-refractivity contribution in [2.75, 3.05) is 13.6 Å². The first kappa shape index (κ1) is 14.6. The highest BCUT2D eigenvalue weighted by molar-refractivity contribution is 5.74. The van der Waals surface area contributed by atoms with Crippen LogP contribution in [0.2, 0.25) is 0 Å². The molecule has 1 amide bonds. The van der Waals surface area contributed by atoms with Gasteiger partial charge in [-0.3, -0.25) is 9.69 Å². The Bertz CT molecular complexity index is 411. The quantitative estimate of drug-likeness (QED) is 0.795. The third-order valence-corrected chi connectivity index (χ3v) is 3.25. The molecule has 100 valence electrons. The van der Waals surface area contributed by atoms with E-state index >= 15 is 0 Å². The van der Waals surface area contributed by atoms with E-state index in [4.69, 9.17) is 11.5 Å². The fourth-order valence-corrected chi connectivity index (χ4v) is 1.98. The Morgan fingerprint density at radius 1 is 1.44 bits per heavy atom. The van der Waals surface area contributed by atoms with Gasteiger partial charge < -0.3 is 11.5 Å². The Balaban J connectivity index is 2.85. The molecule has 0 heterocycles. The number of carbonyl (C=O) groups excluding carboxylic acids is 1. The maximum atomic E-state index is 13.7. The predicted octanol–water partition coefficient (Wildman–Crippen LogP) is 1.02. The van der Waals surface area contributed by atoms with Crippen LogP contribution in [0.25, 0.3) is 0 Å². The van der Waals surface area contributed by atoms with Crippen LogP contribution in [0.5, 0.6) is 0 Å². The Morgan fingerprint density at radius 3 is 2.56 bits per heavy atom. The molecule has 0 aliphatic rings. The van der Waals surface area contributed by atoms with Crippen LogP contribution in [0.1, 0.15) is 24.9 Å². The van der Waals surface area contributed by atoms with Gasteiger partial charge in [-0.1, -0.05) is 18.2 Å². The molecule has 2 atom stereocenters. The third-order valence-electron chi connectivity index (χ3n) is 3.25. The van der Waals surface area contributed by atoms with Crippen molar-refractivity contribution in [2.24, 2.45) is 11.5 Å². The molecule has 1 aromatic rings. The van der Waals surface area contributed by atoms with Crippen LogP contribution in [0.4, 0.5) is 4.39 Å². The Hall–Kier alpha value is -1.46. The van der Waals surface area contributed by atoms with Gasteiger partial charge in [0.05, 0.1) is 0 Å². The van der Waals surface area contributed by atoms with Gasteiger partial charge in [0.15, 0.2) is 0 Å². The minimum atomic E-state index is -0.405. The molecular formula is C13H20FN3O. The van der Waals surface area contributed by atoms with Gasteiger partial charge in [-0.2, -0.15) is 0 Å². The Labute approximate surface area is 107 Å². The fraction of sp³-hybridized carbons (Fsp3) is 0.462. The van der Waals surface area contributed by atoms with E-state index in [1.165, 1.54) is 6.07 Å². The van der Waals surface area contributed by atoms with Gasteiger partial charge in [0.25, 0.3) is 0 Å². The standard InChI is InChI=1S/C13H20FN3O/c1-9(11-5-3-4-6-12(11)14)17(2)10(8-15)7-13(16)18/h3-6,9-10H,7-8,15H2,1-2H3,(H2,16,18). The maximum absolute atomic E-state index is 13.7. The van der Waals surface area contributed by atoms with E-state index in [2.05, 4.69) is 0 Å². The van der Waals surface area contributed by atoms with E-state index in [-0.39, 0.29) is 24.3 Å². The summed E-state index contributed by atoms with van der Waals surface area (Å²) in [6.45, 7) is 2.18. The monoisotopic (exact) mass is 253 g/mol. The molecule has 0 saturated heterocycles. The van der Waals surface area contributed by atoms with Crippen molar-refractivity contribution in [3.63, 3.8) is 0 Å². The lowest BCUT2D eigenvalue weighted by atomic mass is 10.0. The van der Waals surface area contributed by atoms with Crippen LogP contribution in [-0.2, 0) is 4.79 Å². The third kappa shape index (κ3) is 3.51. The summed E-state index contributed by atoms with van der Waals surface area (Å²) in [7, 11) is 1.82. The van der Waals surface area contributed by atoms with Crippen molar-refractivity contribution in [2.45, 2.75) is 25.4 Å². The van der Waals surface area contributed by atoms with Crippen LogP contribution >= 0.6 is 0 Å². The number of hydrogen-bond acceptors (Lipinski definition) is 3. The smallest absolute Gasteiger partial charge is 0.219 e. The van der Waals surface area contributed by atoms with Crippen LogP contribution < -0.4 is 11.5 Å². The SMILES string of the molecule is CC(c1ccccc1F)N(C)C(CN)CC(N)=O. The molecule has 4 nitrogen and oxygen atoms in total. The lowest BCUT2D eigenvalue weighted by Gasteiger charge is -2.32. The van der Waals surface area contributed by atoms with Crippen molar-refractivity contribution in [3.8, 4) is 0 Å². The fourth-order valence-electron chi connectivity index (χ4n) is 1.98. The number of nitrogens with zero attached hydrogens (tertiary/aromatic N) is 1. The van der Waals surface area contributed by atoms with Gasteiger partial charge in [0.1, 0.15) is 5.82 Å². The number of likely N-dealkylation sites (N-methyl/N-ethyl adjacent to an activating group) is 1. The molecule has 18 heavy (non-hydrogen) atoms. The Kier molecular flexibility index (Phi) is 5.25. The lowest BCUT2D eigenvalue weighted by Crippen LogP contribution is -2.42. The number of rotatable bonds is 6. The summed E-state index contributed by atoms with van der Waals surface area (Å²) in [6.07, 6.45) is 0.172. The zero-order valence-electron chi connectivity index (χ0n) is 10.8. The Morgan fingerprint density at radius 2 is 2.06 bits per heavy atom. The minimum Gasteiger partial charge on any atom is -0.370 e. The molecule has 0 fully saturated rings. The number of primary amides is 1. The van der Waals surface area contributed by atoms with Crippen molar-refractivity contribution in [3.05, 3.63) is 35.6 Å². The van der Waals surface area contributed by atoms with Crippen LogP contribution in [0.15, 0.2) is 24.3 Å². The molecule has 2 unspecified atom stereocenters. The van der Waals surface area contributed by atoms with Crippen LogP contribution in [0.3, 0.4) is 0 Å². The number of carbonyl (C=O) groups is 1. The van der Waals surface area contributed by atoms with E-state index in [0.717, 1.165) is 0 Å². The lowest BCUT2D eigenvalue weighted by molar-refractivity contribution is -0.119. The molecular weight excluding hydrogens is 233 g/mol. The van der Waals surface area contributed by atoms with Gasteiger partial charge in [0.2, 0.25) is 5.91 Å². The second-order valence-corrected chi connectivity index (χ2v) is 4.42. The topological polar surface area (TPSA) is 72.3 Å². The van der Waals surface area contributed by atoms with E-state index < -0.39 is 5.91 Å². The van der Waals surface area contributed by atoms with Gasteiger partial charge in [-0.15, -0.1) is 0 Å². The molecule has 0 saturated carbocycles. The molecule has 0 aliphatic carbocycles. The van der Waals surface area contributed by atoms with Crippen molar-refractivity contribution in [1.82, 2.24) is 4.90 Å². The summed E-state index contributed by atoms with van der Waals surface area (Å²) < 4.78 is 13.7. The van der Waals surface area contributed by atoms with Crippen molar-refractivity contribution >= 4 is 5.91 Å². The molecule has 4 N–H and O–H groups in total. The molecule has 0 aliphatic heterocycles. The second kappa shape index (κ2) is 6.47. The van der Waals surface area contributed by atoms with Crippen LogP contribution in [0, 0.1) is 5.82 Å². The summed E-state index contributed by atoms with van der Waals surface area (Å²) >= 11 is 0. The molecule has 0 radical (unpaired) electrons. The van der Waals surface area contributed by atoms with Gasteiger partial charge in [-0.05, 0) is 20.0 Å².